The number of quaternary nitrogens is 1. The van der Waals surface area contributed by atoms with Crippen molar-refractivity contribution in [2.75, 3.05) is 26.2 Å². The Bertz CT molecular complexity index is 421. The number of aliphatic carboxylic acids is 2. The molecule has 0 rings (SSSR count). The molecule has 3 atom stereocenters. The van der Waals surface area contributed by atoms with E-state index < -0.39 is 24.0 Å². The first-order chi connectivity index (χ1) is 11.7. The smallest absolute Gasteiger partial charge is 0.362 e. The first kappa shape index (κ1) is 23.3. The van der Waals surface area contributed by atoms with Crippen LogP contribution in [-0.2, 0) is 14.4 Å². The SMILES string of the molecule is CCCCCCC(=O)NCC[N+](CCO)(C(C)C(=O)[O-])C(C)C(=O)O. The number of amides is 1. The molecule has 8 heteroatoms. The standard InChI is InChI=1S/C17H32N2O6/c1-4-5-6-7-8-15(21)18-9-10-19(11-12-20,13(2)16(22)23)14(3)17(24)25/h13-14,20H,4-12H2,1-3H3,(H2-,18,21,22,23,24,25). The van der Waals surface area contributed by atoms with E-state index in [1.807, 2.05) is 0 Å². The first-order valence-corrected chi connectivity index (χ1v) is 8.90. The fraction of sp³-hybridized carbons (Fsp3) is 0.824. The number of hydrogen-bond acceptors (Lipinski definition) is 5. The molecule has 25 heavy (non-hydrogen) atoms. The molecule has 0 aromatic rings. The van der Waals surface area contributed by atoms with Crippen molar-refractivity contribution in [2.24, 2.45) is 0 Å². The van der Waals surface area contributed by atoms with Crippen LogP contribution in [0.25, 0.3) is 0 Å². The van der Waals surface area contributed by atoms with Gasteiger partial charge < -0.3 is 29.9 Å². The molecular weight excluding hydrogens is 328 g/mol. The molecule has 0 radical (unpaired) electrons. The van der Waals surface area contributed by atoms with E-state index in [0.717, 1.165) is 25.7 Å². The minimum atomic E-state index is -1.38. The van der Waals surface area contributed by atoms with Crippen LogP contribution in [0.2, 0.25) is 0 Å². The third-order valence-corrected chi connectivity index (χ3v) is 4.87. The summed E-state index contributed by atoms with van der Waals surface area (Å²) in [6.45, 7) is 4.68. The summed E-state index contributed by atoms with van der Waals surface area (Å²) in [5.41, 5.74) is 0. The zero-order chi connectivity index (χ0) is 19.5. The molecule has 0 aliphatic heterocycles. The lowest BCUT2D eigenvalue weighted by Crippen LogP contribution is -2.69. The minimum Gasteiger partial charge on any atom is -0.544 e. The molecule has 0 saturated carbocycles. The average Bonchev–Trinajstić information content (AvgIpc) is 2.56. The van der Waals surface area contributed by atoms with Gasteiger partial charge in [-0.2, -0.15) is 0 Å². The van der Waals surface area contributed by atoms with Crippen molar-refractivity contribution < 1.29 is 34.2 Å². The van der Waals surface area contributed by atoms with Gasteiger partial charge in [-0.15, -0.1) is 0 Å². The van der Waals surface area contributed by atoms with E-state index in [4.69, 9.17) is 0 Å². The third kappa shape index (κ3) is 7.39. The highest BCUT2D eigenvalue weighted by Gasteiger charge is 2.43. The molecule has 0 fully saturated rings. The number of nitrogens with one attached hydrogen (secondary N) is 1. The van der Waals surface area contributed by atoms with E-state index in [2.05, 4.69) is 12.2 Å². The number of nitrogens with zero attached hydrogens (tertiary/aromatic N) is 1. The summed E-state index contributed by atoms with van der Waals surface area (Å²) in [4.78, 5) is 34.7. The number of hydrogen-bond donors (Lipinski definition) is 3. The highest BCUT2D eigenvalue weighted by molar-refractivity contribution is 5.76. The van der Waals surface area contributed by atoms with Crippen molar-refractivity contribution in [1.82, 2.24) is 5.32 Å². The number of aliphatic hydroxyl groups is 1. The van der Waals surface area contributed by atoms with Crippen LogP contribution in [0.4, 0.5) is 0 Å². The summed E-state index contributed by atoms with van der Waals surface area (Å²) < 4.78 is -0.385. The Morgan fingerprint density at radius 1 is 1.08 bits per heavy atom. The van der Waals surface area contributed by atoms with Crippen LogP contribution in [0.15, 0.2) is 0 Å². The lowest BCUT2D eigenvalue weighted by atomic mass is 10.1. The van der Waals surface area contributed by atoms with Gasteiger partial charge in [-0.3, -0.25) is 4.79 Å². The Morgan fingerprint density at radius 3 is 2.20 bits per heavy atom. The molecule has 146 valence electrons. The Kier molecular flexibility index (Phi) is 11.0. The normalized spacial score (nSPS) is 15.8. The van der Waals surface area contributed by atoms with Crippen LogP contribution < -0.4 is 10.4 Å². The Balaban J connectivity index is 4.91. The van der Waals surface area contributed by atoms with Gasteiger partial charge in [0, 0.05) is 6.42 Å². The van der Waals surface area contributed by atoms with Gasteiger partial charge in [0.1, 0.15) is 12.6 Å². The summed E-state index contributed by atoms with van der Waals surface area (Å²) in [6, 6.07) is -2.18. The largest absolute Gasteiger partial charge is 0.544 e. The molecule has 0 spiro atoms. The maximum atomic E-state index is 11.8. The van der Waals surface area contributed by atoms with Gasteiger partial charge in [0.05, 0.1) is 25.7 Å². The first-order valence-electron chi connectivity index (χ1n) is 8.90. The summed E-state index contributed by atoms with van der Waals surface area (Å²) in [6.07, 6.45) is 4.31. The summed E-state index contributed by atoms with van der Waals surface area (Å²) in [5.74, 6) is -2.68. The van der Waals surface area contributed by atoms with Gasteiger partial charge in [0.15, 0.2) is 6.04 Å². The van der Waals surface area contributed by atoms with Crippen molar-refractivity contribution in [1.29, 1.82) is 0 Å². The fourth-order valence-corrected chi connectivity index (χ4v) is 3.04. The molecular formula is C17H32N2O6. The number of rotatable bonds is 14. The topological polar surface area (TPSA) is 127 Å². The fourth-order valence-electron chi connectivity index (χ4n) is 3.04. The number of carbonyl (C=O) groups is 3. The monoisotopic (exact) mass is 360 g/mol. The molecule has 0 saturated heterocycles. The van der Waals surface area contributed by atoms with Gasteiger partial charge in [0.2, 0.25) is 5.91 Å². The number of carboxylic acid groups (broad SMARTS) is 2. The van der Waals surface area contributed by atoms with Crippen LogP contribution >= 0.6 is 0 Å². The van der Waals surface area contributed by atoms with E-state index in [9.17, 15) is 29.7 Å². The molecule has 0 heterocycles. The summed E-state index contributed by atoms with van der Waals surface area (Å²) in [5, 5.41) is 32.8. The lowest BCUT2D eigenvalue weighted by Gasteiger charge is -2.46. The molecule has 0 aromatic heterocycles. The van der Waals surface area contributed by atoms with E-state index in [-0.39, 0.29) is 36.6 Å². The van der Waals surface area contributed by atoms with Gasteiger partial charge in [0.25, 0.3) is 0 Å². The van der Waals surface area contributed by atoms with E-state index in [0.29, 0.717) is 6.42 Å². The van der Waals surface area contributed by atoms with Crippen LogP contribution in [0.5, 0.6) is 0 Å². The van der Waals surface area contributed by atoms with Crippen LogP contribution in [0, 0.1) is 0 Å². The van der Waals surface area contributed by atoms with Crippen molar-refractivity contribution in [3.63, 3.8) is 0 Å². The molecule has 0 bridgehead atoms. The quantitative estimate of drug-likeness (QED) is 0.283. The highest BCUT2D eigenvalue weighted by Crippen LogP contribution is 2.19. The predicted molar refractivity (Wildman–Crippen MR) is 90.4 cm³/mol. The molecule has 0 aromatic carbocycles. The number of aliphatic hydroxyl groups excluding tert-OH is 1. The molecule has 3 unspecified atom stereocenters. The maximum Gasteiger partial charge on any atom is 0.362 e. The molecule has 0 aliphatic rings. The third-order valence-electron chi connectivity index (χ3n) is 4.87. The van der Waals surface area contributed by atoms with Crippen molar-refractivity contribution in [3.05, 3.63) is 0 Å². The van der Waals surface area contributed by atoms with Crippen LogP contribution in [0.3, 0.4) is 0 Å². The van der Waals surface area contributed by atoms with Crippen molar-refractivity contribution >= 4 is 17.8 Å². The Hall–Kier alpha value is -1.67. The van der Waals surface area contributed by atoms with Gasteiger partial charge >= 0.3 is 5.97 Å². The Morgan fingerprint density at radius 2 is 1.72 bits per heavy atom. The van der Waals surface area contributed by atoms with E-state index in [1.54, 1.807) is 0 Å². The minimum absolute atomic E-state index is 0.0466. The second kappa shape index (κ2) is 11.8. The lowest BCUT2D eigenvalue weighted by molar-refractivity contribution is -0.955. The summed E-state index contributed by atoms with van der Waals surface area (Å²) >= 11 is 0. The second-order valence-electron chi connectivity index (χ2n) is 6.44. The highest BCUT2D eigenvalue weighted by atomic mass is 16.4. The molecule has 0 aliphatic carbocycles. The number of unbranched alkanes of at least 4 members (excludes halogenated alkanes) is 3. The van der Waals surface area contributed by atoms with Crippen molar-refractivity contribution in [2.45, 2.75) is 65.0 Å². The van der Waals surface area contributed by atoms with Gasteiger partial charge in [-0.25, -0.2) is 4.79 Å². The Labute approximate surface area is 149 Å². The molecule has 8 nitrogen and oxygen atoms in total. The maximum absolute atomic E-state index is 11.8. The second-order valence-corrected chi connectivity index (χ2v) is 6.44. The molecule has 3 N–H and O–H groups in total. The van der Waals surface area contributed by atoms with Crippen LogP contribution in [-0.4, -0.2) is 70.9 Å². The average molecular weight is 360 g/mol. The van der Waals surface area contributed by atoms with Gasteiger partial charge in [-0.05, 0) is 20.3 Å². The van der Waals surface area contributed by atoms with E-state index >= 15 is 0 Å². The number of carboxylic acids is 2. The zero-order valence-corrected chi connectivity index (χ0v) is 15.5. The van der Waals surface area contributed by atoms with Gasteiger partial charge in [-0.1, -0.05) is 26.2 Å². The molecule has 1 amide bonds. The predicted octanol–water partition coefficient (Wildman–Crippen LogP) is -0.506. The number of carbonyl (C=O) groups excluding carboxylic acids is 2. The van der Waals surface area contributed by atoms with Crippen molar-refractivity contribution in [3.8, 4) is 0 Å². The van der Waals surface area contributed by atoms with Crippen LogP contribution in [0.1, 0.15) is 52.9 Å². The summed E-state index contributed by atoms with van der Waals surface area (Å²) in [7, 11) is 0. The zero-order valence-electron chi connectivity index (χ0n) is 15.5. The van der Waals surface area contributed by atoms with E-state index in [1.165, 1.54) is 13.8 Å².